The molecule has 0 aliphatic heterocycles. The molecule has 0 radical (unpaired) electrons. The van der Waals surface area contributed by atoms with E-state index >= 15 is 0 Å². The van der Waals surface area contributed by atoms with Crippen LogP contribution >= 0.6 is 34.9 Å². The van der Waals surface area contributed by atoms with Gasteiger partial charge in [0.05, 0.1) is 22.6 Å². The third-order valence-corrected chi connectivity index (χ3v) is 5.87. The van der Waals surface area contributed by atoms with Crippen LogP contribution in [0.3, 0.4) is 0 Å². The molecule has 2 aromatic carbocycles. The number of nitrogens with zero attached hydrogens (tertiary/aromatic N) is 4. The van der Waals surface area contributed by atoms with Crippen LogP contribution in [-0.4, -0.2) is 33.6 Å². The van der Waals surface area contributed by atoms with Crippen molar-refractivity contribution in [2.24, 2.45) is 0 Å². The van der Waals surface area contributed by atoms with E-state index < -0.39 is 10.8 Å². The van der Waals surface area contributed by atoms with Gasteiger partial charge in [-0.15, -0.1) is 0 Å². The maximum Gasteiger partial charge on any atom is 0.276 e. The summed E-state index contributed by atoms with van der Waals surface area (Å²) in [5, 5.41) is 24.1. The van der Waals surface area contributed by atoms with Gasteiger partial charge in [0, 0.05) is 17.6 Å². The second-order valence-electron chi connectivity index (χ2n) is 6.42. The standard InChI is InChI=1S/C21H16ClN5O5S2/c1-31-17-9-12(7-14(10-23)19(28)24-20-25-21(33-2)26-34-20)8-15(22)18(17)32-11-13-5-3-4-6-16(13)27(29)30/h3-9H,11H2,1-2H3,(H,24,25,26,28). The number of nitrogens with one attached hydrogen (secondary N) is 1. The number of thioether (sulfide) groups is 1. The first kappa shape index (κ1) is 25.0. The lowest BCUT2D eigenvalue weighted by molar-refractivity contribution is -0.385. The lowest BCUT2D eigenvalue weighted by atomic mass is 10.1. The highest BCUT2D eigenvalue weighted by molar-refractivity contribution is 7.98. The molecular weight excluding hydrogens is 502 g/mol. The van der Waals surface area contributed by atoms with Crippen LogP contribution in [0.2, 0.25) is 5.02 Å². The van der Waals surface area contributed by atoms with Gasteiger partial charge in [0.2, 0.25) is 10.3 Å². The highest BCUT2D eigenvalue weighted by atomic mass is 35.5. The van der Waals surface area contributed by atoms with E-state index in [2.05, 4.69) is 14.7 Å². The number of hydrogen-bond acceptors (Lipinski definition) is 10. The summed E-state index contributed by atoms with van der Waals surface area (Å²) in [6.07, 6.45) is 3.14. The van der Waals surface area contributed by atoms with Crippen molar-refractivity contribution in [1.82, 2.24) is 9.36 Å². The Morgan fingerprint density at radius 2 is 2.18 bits per heavy atom. The number of hydrogen-bond donors (Lipinski definition) is 1. The summed E-state index contributed by atoms with van der Waals surface area (Å²) < 4.78 is 15.1. The number of aromatic nitrogens is 2. The van der Waals surface area contributed by atoms with Crippen LogP contribution in [0.5, 0.6) is 11.5 Å². The first-order chi connectivity index (χ1) is 16.4. The minimum atomic E-state index is -0.655. The number of rotatable bonds is 9. The SMILES string of the molecule is COc1cc(C=C(C#N)C(=O)Nc2nc(SC)ns2)cc(Cl)c1OCc1ccccc1[N+](=O)[O-]. The van der Waals surface area contributed by atoms with Crippen molar-refractivity contribution in [3.05, 3.63) is 68.2 Å². The van der Waals surface area contributed by atoms with Crippen molar-refractivity contribution in [2.75, 3.05) is 18.7 Å². The van der Waals surface area contributed by atoms with Crippen LogP contribution in [0.15, 0.2) is 47.1 Å². The Morgan fingerprint density at radius 1 is 1.41 bits per heavy atom. The van der Waals surface area contributed by atoms with Crippen molar-refractivity contribution < 1.29 is 19.2 Å². The molecule has 1 amide bonds. The maximum absolute atomic E-state index is 12.5. The van der Waals surface area contributed by atoms with E-state index in [1.807, 2.05) is 6.07 Å². The van der Waals surface area contributed by atoms with Gasteiger partial charge >= 0.3 is 0 Å². The molecule has 3 aromatic rings. The van der Waals surface area contributed by atoms with Crippen molar-refractivity contribution in [3.63, 3.8) is 0 Å². The van der Waals surface area contributed by atoms with Crippen molar-refractivity contribution in [3.8, 4) is 17.6 Å². The van der Waals surface area contributed by atoms with Crippen LogP contribution in [-0.2, 0) is 11.4 Å². The van der Waals surface area contributed by atoms with E-state index in [1.54, 1.807) is 24.5 Å². The van der Waals surface area contributed by atoms with Gasteiger partial charge in [-0.3, -0.25) is 20.2 Å². The number of methoxy groups -OCH3 is 1. The average Bonchev–Trinajstić information content (AvgIpc) is 3.29. The molecule has 0 aliphatic rings. The second kappa shape index (κ2) is 11.5. The molecule has 0 aliphatic carbocycles. The number of carbonyl (C=O) groups excluding carboxylic acids is 1. The molecule has 0 bridgehead atoms. The Labute approximate surface area is 207 Å². The first-order valence-corrected chi connectivity index (χ1v) is 11.8. The fourth-order valence-corrected chi connectivity index (χ4v) is 4.14. The number of anilines is 1. The zero-order valence-corrected chi connectivity index (χ0v) is 20.2. The third-order valence-electron chi connectivity index (χ3n) is 4.30. The zero-order chi connectivity index (χ0) is 24.7. The third kappa shape index (κ3) is 6.02. The average molecular weight is 518 g/mol. The van der Waals surface area contributed by atoms with Crippen molar-refractivity contribution in [1.29, 1.82) is 5.26 Å². The molecule has 1 aromatic heterocycles. The summed E-state index contributed by atoms with van der Waals surface area (Å²) in [4.78, 5) is 27.3. The summed E-state index contributed by atoms with van der Waals surface area (Å²) in [6, 6.07) is 11.0. The Morgan fingerprint density at radius 3 is 2.82 bits per heavy atom. The smallest absolute Gasteiger partial charge is 0.276 e. The number of nitriles is 1. The van der Waals surface area contributed by atoms with Gasteiger partial charge in [-0.1, -0.05) is 35.5 Å². The summed E-state index contributed by atoms with van der Waals surface area (Å²) in [7, 11) is 1.40. The Hall–Kier alpha value is -3.66. The van der Waals surface area contributed by atoms with Crippen molar-refractivity contribution >= 4 is 57.7 Å². The van der Waals surface area contributed by atoms with Crippen LogP contribution in [0.4, 0.5) is 10.8 Å². The lowest BCUT2D eigenvalue weighted by Crippen LogP contribution is -2.13. The Kier molecular flexibility index (Phi) is 8.42. The molecule has 1 heterocycles. The highest BCUT2D eigenvalue weighted by Gasteiger charge is 2.18. The van der Waals surface area contributed by atoms with Crippen LogP contribution in [0, 0.1) is 21.4 Å². The normalized spacial score (nSPS) is 10.9. The maximum atomic E-state index is 12.5. The molecule has 0 unspecified atom stereocenters. The number of nitro benzene ring substituents is 1. The summed E-state index contributed by atoms with van der Waals surface area (Å²) in [5.41, 5.74) is 0.502. The zero-order valence-electron chi connectivity index (χ0n) is 17.8. The minimum absolute atomic E-state index is 0.0816. The van der Waals surface area contributed by atoms with E-state index in [0.717, 1.165) is 11.5 Å². The molecule has 13 heteroatoms. The fourth-order valence-electron chi connectivity index (χ4n) is 2.75. The number of benzene rings is 2. The van der Waals surface area contributed by atoms with Crippen LogP contribution < -0.4 is 14.8 Å². The number of para-hydroxylation sites is 1. The van der Waals surface area contributed by atoms with Gasteiger partial charge in [-0.05, 0) is 36.1 Å². The predicted octanol–water partition coefficient (Wildman–Crippen LogP) is 4.95. The topological polar surface area (TPSA) is 140 Å². The molecule has 174 valence electrons. The molecule has 0 fully saturated rings. The number of halogens is 1. The number of ether oxygens (including phenoxy) is 2. The lowest BCUT2D eigenvalue weighted by Gasteiger charge is -2.13. The summed E-state index contributed by atoms with van der Waals surface area (Å²) in [6.45, 7) is -0.117. The molecule has 34 heavy (non-hydrogen) atoms. The Bertz CT molecular complexity index is 1300. The number of carbonyl (C=O) groups is 1. The van der Waals surface area contributed by atoms with Crippen LogP contribution in [0.25, 0.3) is 6.08 Å². The highest BCUT2D eigenvalue weighted by Crippen LogP contribution is 2.38. The number of amides is 1. The van der Waals surface area contributed by atoms with E-state index in [1.165, 1.54) is 43.1 Å². The second-order valence-corrected chi connectivity index (χ2v) is 8.35. The molecule has 0 saturated heterocycles. The quantitative estimate of drug-likeness (QED) is 0.137. The number of nitro groups is 1. The summed E-state index contributed by atoms with van der Waals surface area (Å²) >= 11 is 8.70. The van der Waals surface area contributed by atoms with E-state index in [0.29, 0.717) is 16.3 Å². The van der Waals surface area contributed by atoms with Gasteiger partial charge in [0.1, 0.15) is 18.2 Å². The van der Waals surface area contributed by atoms with Crippen molar-refractivity contribution in [2.45, 2.75) is 11.8 Å². The van der Waals surface area contributed by atoms with E-state index in [-0.39, 0.29) is 39.5 Å². The van der Waals surface area contributed by atoms with Gasteiger partial charge in [0.15, 0.2) is 11.5 Å². The molecule has 0 saturated carbocycles. The van der Waals surface area contributed by atoms with E-state index in [9.17, 15) is 20.2 Å². The minimum Gasteiger partial charge on any atom is -0.493 e. The van der Waals surface area contributed by atoms with Gasteiger partial charge < -0.3 is 9.47 Å². The molecule has 0 spiro atoms. The largest absolute Gasteiger partial charge is 0.493 e. The van der Waals surface area contributed by atoms with Gasteiger partial charge in [-0.25, -0.2) is 0 Å². The monoisotopic (exact) mass is 517 g/mol. The fraction of sp³-hybridized carbons (Fsp3) is 0.143. The van der Waals surface area contributed by atoms with E-state index in [4.69, 9.17) is 21.1 Å². The first-order valence-electron chi connectivity index (χ1n) is 9.39. The molecule has 3 rings (SSSR count). The molecular formula is C21H16ClN5O5S2. The van der Waals surface area contributed by atoms with Crippen LogP contribution in [0.1, 0.15) is 11.1 Å². The molecule has 10 nitrogen and oxygen atoms in total. The predicted molar refractivity (Wildman–Crippen MR) is 129 cm³/mol. The van der Waals surface area contributed by atoms with Gasteiger partial charge in [-0.2, -0.15) is 14.6 Å². The Balaban J connectivity index is 1.83. The molecule has 0 atom stereocenters. The summed E-state index contributed by atoms with van der Waals surface area (Å²) in [5.74, 6) is -0.261. The molecule has 1 N–H and O–H groups in total. The van der Waals surface area contributed by atoms with Gasteiger partial charge in [0.25, 0.3) is 11.6 Å².